The van der Waals surface area contributed by atoms with E-state index in [2.05, 4.69) is 10.3 Å². The van der Waals surface area contributed by atoms with Crippen molar-refractivity contribution in [3.63, 3.8) is 0 Å². The highest BCUT2D eigenvalue weighted by molar-refractivity contribution is 7.97. The summed E-state index contributed by atoms with van der Waals surface area (Å²) in [5.41, 5.74) is 0.959. The average Bonchev–Trinajstić information content (AvgIpc) is 3.23. The number of fused-ring (bicyclic) bond motifs is 3. The van der Waals surface area contributed by atoms with Gasteiger partial charge in [0.2, 0.25) is 0 Å². The van der Waals surface area contributed by atoms with Crippen LogP contribution in [-0.4, -0.2) is 51.3 Å². The molecule has 1 saturated heterocycles. The second-order valence-corrected chi connectivity index (χ2v) is 6.69. The summed E-state index contributed by atoms with van der Waals surface area (Å²) in [6.07, 6.45) is 4.62. The summed E-state index contributed by atoms with van der Waals surface area (Å²) in [5, 5.41) is 8.11. The molecule has 8 heteroatoms. The normalized spacial score (nSPS) is 23.4. The third-order valence-corrected chi connectivity index (χ3v) is 4.95. The van der Waals surface area contributed by atoms with Gasteiger partial charge in [0.05, 0.1) is 36.4 Å². The molecule has 1 amide bonds. The summed E-state index contributed by atoms with van der Waals surface area (Å²) in [4.78, 5) is 14.5. The van der Waals surface area contributed by atoms with Gasteiger partial charge in [-0.15, -0.1) is 5.10 Å². The third-order valence-electron chi connectivity index (χ3n) is 4.37. The van der Waals surface area contributed by atoms with E-state index in [1.165, 1.54) is 0 Å². The van der Waals surface area contributed by atoms with Gasteiger partial charge in [0, 0.05) is 13.1 Å². The highest BCUT2D eigenvalue weighted by Gasteiger charge is 2.38. The van der Waals surface area contributed by atoms with E-state index >= 15 is 0 Å². The maximum absolute atomic E-state index is 12.7. The molecule has 2 aromatic heterocycles. The molecule has 0 spiro atoms. The minimum absolute atomic E-state index is 0.0274. The molecular weight excluding hydrogens is 316 g/mol. The Kier molecular flexibility index (Phi) is 3.86. The van der Waals surface area contributed by atoms with E-state index in [1.54, 1.807) is 24.0 Å². The molecule has 2 atom stereocenters. The molecule has 122 valence electrons. The van der Waals surface area contributed by atoms with Crippen molar-refractivity contribution in [2.45, 2.75) is 30.9 Å². The lowest BCUT2D eigenvalue weighted by Gasteiger charge is -2.40. The van der Waals surface area contributed by atoms with Gasteiger partial charge in [-0.05, 0) is 24.8 Å². The average molecular weight is 334 g/mol. The second kappa shape index (κ2) is 6.01. The Morgan fingerprint density at radius 3 is 3.26 bits per heavy atom. The molecule has 4 heterocycles. The van der Waals surface area contributed by atoms with Crippen LogP contribution < -0.4 is 0 Å². The molecule has 4 rings (SSSR count). The maximum Gasteiger partial charge on any atom is 0.289 e. The third kappa shape index (κ3) is 2.66. The summed E-state index contributed by atoms with van der Waals surface area (Å²) >= 11 is 1.67. The highest BCUT2D eigenvalue weighted by atomic mass is 32.2. The summed E-state index contributed by atoms with van der Waals surface area (Å²) in [6, 6.07) is 3.66. The van der Waals surface area contributed by atoms with Crippen molar-refractivity contribution < 1.29 is 13.9 Å². The van der Waals surface area contributed by atoms with Crippen molar-refractivity contribution >= 4 is 17.7 Å². The van der Waals surface area contributed by atoms with E-state index in [0.717, 1.165) is 23.6 Å². The first-order valence-electron chi connectivity index (χ1n) is 7.64. The molecule has 2 aromatic rings. The number of piperidine rings is 1. The van der Waals surface area contributed by atoms with Gasteiger partial charge in [0.25, 0.3) is 5.91 Å². The van der Waals surface area contributed by atoms with Gasteiger partial charge in [0.15, 0.2) is 5.76 Å². The molecule has 0 aliphatic carbocycles. The van der Waals surface area contributed by atoms with Crippen molar-refractivity contribution in [2.24, 2.45) is 0 Å². The Morgan fingerprint density at radius 2 is 2.39 bits per heavy atom. The fourth-order valence-electron chi connectivity index (χ4n) is 3.23. The van der Waals surface area contributed by atoms with Gasteiger partial charge < -0.3 is 14.1 Å². The van der Waals surface area contributed by atoms with Crippen molar-refractivity contribution in [1.82, 2.24) is 19.9 Å². The number of hydrogen-bond donors (Lipinski definition) is 0. The topological polar surface area (TPSA) is 73.4 Å². The Labute approximate surface area is 138 Å². The number of carbonyl (C=O) groups is 1. The minimum atomic E-state index is -0.0666. The van der Waals surface area contributed by atoms with Gasteiger partial charge in [-0.1, -0.05) is 5.21 Å². The van der Waals surface area contributed by atoms with Crippen molar-refractivity contribution in [3.8, 4) is 0 Å². The van der Waals surface area contributed by atoms with E-state index in [4.69, 9.17) is 9.15 Å². The minimum Gasteiger partial charge on any atom is -0.455 e. The number of aromatic nitrogens is 3. The van der Waals surface area contributed by atoms with Crippen molar-refractivity contribution in [3.05, 3.63) is 35.5 Å². The second-order valence-electron chi connectivity index (χ2n) is 5.83. The molecule has 0 aromatic carbocycles. The zero-order valence-corrected chi connectivity index (χ0v) is 13.7. The molecule has 0 bridgehead atoms. The monoisotopic (exact) mass is 334 g/mol. The molecule has 0 N–H and O–H groups in total. The van der Waals surface area contributed by atoms with E-state index in [9.17, 15) is 4.79 Å². The lowest BCUT2D eigenvalue weighted by molar-refractivity contribution is -0.0608. The van der Waals surface area contributed by atoms with Crippen LogP contribution in [0.5, 0.6) is 0 Å². The number of nitrogens with zero attached hydrogens (tertiary/aromatic N) is 4. The molecular formula is C15H18N4O3S. The number of likely N-dealkylation sites (tertiary alicyclic amines) is 1. The van der Waals surface area contributed by atoms with E-state index in [-0.39, 0.29) is 18.1 Å². The number of hydrogen-bond acceptors (Lipinski definition) is 6. The first-order chi connectivity index (χ1) is 11.3. The molecule has 2 aliphatic rings. The standard InChI is InChI=1S/C15H18N4O3S/c1-23-9-11-2-3-14(22-11)15(20)18-5-4-13-12(7-18)19-10(8-21-13)6-16-17-19/h2-3,6,12-13H,4-5,7-9H2,1H3/t12-,13-/m1/s1. The molecule has 0 unspecified atom stereocenters. The number of ether oxygens (including phenoxy) is 1. The molecule has 1 fully saturated rings. The Hall–Kier alpha value is -1.80. The van der Waals surface area contributed by atoms with Crippen LogP contribution in [0.4, 0.5) is 0 Å². The molecule has 23 heavy (non-hydrogen) atoms. The first-order valence-corrected chi connectivity index (χ1v) is 9.03. The SMILES string of the molecule is CSCc1ccc(C(=O)N2CC[C@H]3OCc4cnnn4[C@@H]3C2)o1. The zero-order valence-electron chi connectivity index (χ0n) is 12.8. The zero-order chi connectivity index (χ0) is 15.8. The largest absolute Gasteiger partial charge is 0.455 e. The Morgan fingerprint density at radius 1 is 1.48 bits per heavy atom. The first kappa shape index (κ1) is 14.8. The summed E-state index contributed by atoms with van der Waals surface area (Å²) in [6.45, 7) is 1.78. The lowest BCUT2D eigenvalue weighted by atomic mass is 10.00. The van der Waals surface area contributed by atoms with Crippen LogP contribution in [0.25, 0.3) is 0 Å². The molecule has 7 nitrogen and oxygen atoms in total. The number of thioether (sulfide) groups is 1. The number of carbonyl (C=O) groups excluding carboxylic acids is 1. The van der Waals surface area contributed by atoms with E-state index in [0.29, 0.717) is 25.5 Å². The number of amides is 1. The van der Waals surface area contributed by atoms with Crippen LogP contribution in [0.2, 0.25) is 0 Å². The summed E-state index contributed by atoms with van der Waals surface area (Å²) < 4.78 is 13.4. The summed E-state index contributed by atoms with van der Waals surface area (Å²) in [7, 11) is 0. The van der Waals surface area contributed by atoms with Crippen LogP contribution in [0.15, 0.2) is 22.7 Å². The fourth-order valence-corrected chi connectivity index (χ4v) is 3.67. The van der Waals surface area contributed by atoms with Crippen LogP contribution in [0, 0.1) is 0 Å². The van der Waals surface area contributed by atoms with Crippen molar-refractivity contribution in [2.75, 3.05) is 19.3 Å². The summed E-state index contributed by atoms with van der Waals surface area (Å²) in [5.74, 6) is 1.94. The van der Waals surface area contributed by atoms with E-state index in [1.807, 2.05) is 21.9 Å². The fraction of sp³-hybridized carbons (Fsp3) is 0.533. The van der Waals surface area contributed by atoms with Gasteiger partial charge in [-0.25, -0.2) is 4.68 Å². The lowest BCUT2D eigenvalue weighted by Crippen LogP contribution is -2.49. The van der Waals surface area contributed by atoms with Crippen LogP contribution in [0.1, 0.15) is 34.5 Å². The number of rotatable bonds is 3. The van der Waals surface area contributed by atoms with Gasteiger partial charge in [-0.3, -0.25) is 4.79 Å². The predicted molar refractivity (Wildman–Crippen MR) is 84.1 cm³/mol. The van der Waals surface area contributed by atoms with Crippen LogP contribution in [0.3, 0.4) is 0 Å². The molecule has 0 saturated carbocycles. The van der Waals surface area contributed by atoms with Crippen LogP contribution >= 0.6 is 11.8 Å². The van der Waals surface area contributed by atoms with Gasteiger partial charge in [-0.2, -0.15) is 11.8 Å². The predicted octanol–water partition coefficient (Wildman–Crippen LogP) is 1.72. The quantitative estimate of drug-likeness (QED) is 0.851. The Balaban J connectivity index is 1.51. The van der Waals surface area contributed by atoms with Gasteiger partial charge >= 0.3 is 0 Å². The maximum atomic E-state index is 12.7. The van der Waals surface area contributed by atoms with Crippen LogP contribution in [-0.2, 0) is 17.1 Å². The number of furan rings is 1. The van der Waals surface area contributed by atoms with Gasteiger partial charge in [0.1, 0.15) is 5.76 Å². The highest BCUT2D eigenvalue weighted by Crippen LogP contribution is 2.30. The smallest absolute Gasteiger partial charge is 0.289 e. The Bertz CT molecular complexity index is 713. The molecule has 0 radical (unpaired) electrons. The molecule has 2 aliphatic heterocycles. The van der Waals surface area contributed by atoms with E-state index < -0.39 is 0 Å². The van der Waals surface area contributed by atoms with Crippen molar-refractivity contribution in [1.29, 1.82) is 0 Å².